The van der Waals surface area contributed by atoms with Gasteiger partial charge in [0.25, 0.3) is 0 Å². The second-order valence-corrected chi connectivity index (χ2v) is 4.20. The Morgan fingerprint density at radius 2 is 1.94 bits per heavy atom. The summed E-state index contributed by atoms with van der Waals surface area (Å²) in [5.74, 6) is -3.04. The number of piperazine rings is 1. The molecule has 1 aromatic rings. The molecule has 2 N–H and O–H groups in total. The lowest BCUT2D eigenvalue weighted by Gasteiger charge is -2.32. The summed E-state index contributed by atoms with van der Waals surface area (Å²) in [4.78, 5) is 13.1. The smallest absolute Gasteiger partial charge is 0.325 e. The molecule has 1 heterocycles. The zero-order valence-electron chi connectivity index (χ0n) is 9.70. The topological polar surface area (TPSA) is 52.6 Å². The summed E-state index contributed by atoms with van der Waals surface area (Å²) < 4.78 is 26.0. The number of carboxylic acid groups (broad SMARTS) is 1. The predicted octanol–water partition coefficient (Wildman–Crippen LogP) is 0.996. The van der Waals surface area contributed by atoms with E-state index in [-0.39, 0.29) is 5.56 Å². The normalized spacial score (nSPS) is 18.6. The molecule has 0 bridgehead atoms. The molecule has 0 spiro atoms. The zero-order valence-corrected chi connectivity index (χ0v) is 9.70. The first kappa shape index (κ1) is 12.9. The molecule has 98 valence electrons. The monoisotopic (exact) mass is 256 g/mol. The number of carboxylic acids is 1. The Balaban J connectivity index is 2.28. The van der Waals surface area contributed by atoms with Gasteiger partial charge < -0.3 is 10.4 Å². The summed E-state index contributed by atoms with van der Waals surface area (Å²) >= 11 is 0. The maximum atomic E-state index is 13.2. The number of nitrogens with zero attached hydrogens (tertiary/aromatic N) is 1. The van der Waals surface area contributed by atoms with Crippen molar-refractivity contribution in [1.82, 2.24) is 10.2 Å². The SMILES string of the molecule is O=C(O)C(c1ccc(F)c(F)c1)N1CCNCC1. The van der Waals surface area contributed by atoms with Gasteiger partial charge in [0.1, 0.15) is 6.04 Å². The highest BCUT2D eigenvalue weighted by Crippen LogP contribution is 2.23. The van der Waals surface area contributed by atoms with E-state index in [4.69, 9.17) is 0 Å². The third-order valence-corrected chi connectivity index (χ3v) is 3.01. The van der Waals surface area contributed by atoms with E-state index in [1.54, 1.807) is 4.90 Å². The van der Waals surface area contributed by atoms with Crippen LogP contribution >= 0.6 is 0 Å². The molecule has 0 aromatic heterocycles. The molecule has 2 rings (SSSR count). The molecule has 0 saturated carbocycles. The van der Waals surface area contributed by atoms with Crippen LogP contribution in [0.2, 0.25) is 0 Å². The average Bonchev–Trinajstić information content (AvgIpc) is 2.35. The van der Waals surface area contributed by atoms with Crippen LogP contribution in [0.5, 0.6) is 0 Å². The van der Waals surface area contributed by atoms with Gasteiger partial charge in [-0.15, -0.1) is 0 Å². The second kappa shape index (κ2) is 5.41. The van der Waals surface area contributed by atoms with Gasteiger partial charge in [-0.3, -0.25) is 9.69 Å². The summed E-state index contributed by atoms with van der Waals surface area (Å²) in [6, 6.07) is 2.31. The van der Waals surface area contributed by atoms with Crippen LogP contribution in [0.15, 0.2) is 18.2 Å². The van der Waals surface area contributed by atoms with Gasteiger partial charge in [0.2, 0.25) is 0 Å². The van der Waals surface area contributed by atoms with E-state index in [2.05, 4.69) is 5.32 Å². The van der Waals surface area contributed by atoms with Crippen molar-refractivity contribution in [2.45, 2.75) is 6.04 Å². The number of aliphatic carboxylic acids is 1. The van der Waals surface area contributed by atoms with Crippen molar-refractivity contribution < 1.29 is 18.7 Å². The molecule has 1 unspecified atom stereocenters. The van der Waals surface area contributed by atoms with Crippen molar-refractivity contribution in [2.24, 2.45) is 0 Å². The van der Waals surface area contributed by atoms with Crippen LogP contribution < -0.4 is 5.32 Å². The number of rotatable bonds is 3. The molecule has 1 aromatic carbocycles. The van der Waals surface area contributed by atoms with Gasteiger partial charge in [0.15, 0.2) is 11.6 Å². The number of benzene rings is 1. The number of hydrogen-bond donors (Lipinski definition) is 2. The number of carbonyl (C=O) groups is 1. The van der Waals surface area contributed by atoms with Crippen molar-refractivity contribution in [2.75, 3.05) is 26.2 Å². The van der Waals surface area contributed by atoms with E-state index in [9.17, 15) is 18.7 Å². The Kier molecular flexibility index (Phi) is 3.88. The first-order chi connectivity index (χ1) is 8.59. The molecule has 4 nitrogen and oxygen atoms in total. The lowest BCUT2D eigenvalue weighted by Crippen LogP contribution is -2.47. The van der Waals surface area contributed by atoms with E-state index >= 15 is 0 Å². The maximum Gasteiger partial charge on any atom is 0.325 e. The summed E-state index contributed by atoms with van der Waals surface area (Å²) in [6.45, 7) is 2.51. The molecule has 1 atom stereocenters. The average molecular weight is 256 g/mol. The quantitative estimate of drug-likeness (QED) is 0.847. The number of hydrogen-bond acceptors (Lipinski definition) is 3. The van der Waals surface area contributed by atoms with Gasteiger partial charge in [0, 0.05) is 26.2 Å². The van der Waals surface area contributed by atoms with Crippen molar-refractivity contribution in [1.29, 1.82) is 0 Å². The Morgan fingerprint density at radius 3 is 2.50 bits per heavy atom. The van der Waals surface area contributed by atoms with Crippen LogP contribution in [0, 0.1) is 11.6 Å². The van der Waals surface area contributed by atoms with Gasteiger partial charge in [-0.2, -0.15) is 0 Å². The predicted molar refractivity (Wildman–Crippen MR) is 61.2 cm³/mol. The highest BCUT2D eigenvalue weighted by Gasteiger charge is 2.28. The minimum absolute atomic E-state index is 0.267. The Bertz CT molecular complexity index is 448. The Hall–Kier alpha value is -1.53. The van der Waals surface area contributed by atoms with Crippen LogP contribution in [0.4, 0.5) is 8.78 Å². The van der Waals surface area contributed by atoms with Gasteiger partial charge in [-0.05, 0) is 17.7 Å². The van der Waals surface area contributed by atoms with Crippen molar-refractivity contribution in [3.8, 4) is 0 Å². The third kappa shape index (κ3) is 2.65. The lowest BCUT2D eigenvalue weighted by molar-refractivity contribution is -0.143. The minimum Gasteiger partial charge on any atom is -0.480 e. The zero-order chi connectivity index (χ0) is 13.1. The second-order valence-electron chi connectivity index (χ2n) is 4.20. The van der Waals surface area contributed by atoms with Crippen LogP contribution in [-0.2, 0) is 4.79 Å². The van der Waals surface area contributed by atoms with Crippen molar-refractivity contribution >= 4 is 5.97 Å². The third-order valence-electron chi connectivity index (χ3n) is 3.01. The molecule has 1 fully saturated rings. The molecule has 6 heteroatoms. The standard InChI is InChI=1S/C12H14F2N2O2/c13-9-2-1-8(7-10(9)14)11(12(17)18)16-5-3-15-4-6-16/h1-2,7,11,15H,3-6H2,(H,17,18). The minimum atomic E-state index is -1.05. The fourth-order valence-electron chi connectivity index (χ4n) is 2.13. The van der Waals surface area contributed by atoms with Gasteiger partial charge in [-0.1, -0.05) is 6.07 Å². The van der Waals surface area contributed by atoms with Crippen LogP contribution in [-0.4, -0.2) is 42.2 Å². The lowest BCUT2D eigenvalue weighted by atomic mass is 10.0. The van der Waals surface area contributed by atoms with Gasteiger partial charge in [-0.25, -0.2) is 8.78 Å². The van der Waals surface area contributed by atoms with E-state index in [1.807, 2.05) is 0 Å². The molecule has 0 amide bonds. The molecule has 1 aliphatic rings. The molecule has 18 heavy (non-hydrogen) atoms. The molecular formula is C12H14F2N2O2. The maximum absolute atomic E-state index is 13.2. The number of halogens is 2. The van der Waals surface area contributed by atoms with Crippen LogP contribution in [0.3, 0.4) is 0 Å². The Morgan fingerprint density at radius 1 is 1.28 bits per heavy atom. The summed E-state index contributed by atoms with van der Waals surface area (Å²) in [5.41, 5.74) is 0.267. The summed E-state index contributed by atoms with van der Waals surface area (Å²) in [7, 11) is 0. The molecule has 1 aliphatic heterocycles. The largest absolute Gasteiger partial charge is 0.480 e. The molecule has 0 aliphatic carbocycles. The van der Waals surface area contributed by atoms with Gasteiger partial charge >= 0.3 is 5.97 Å². The van der Waals surface area contributed by atoms with E-state index in [0.29, 0.717) is 26.2 Å². The van der Waals surface area contributed by atoms with Crippen molar-refractivity contribution in [3.63, 3.8) is 0 Å². The summed E-state index contributed by atoms with van der Waals surface area (Å²) in [5, 5.41) is 12.4. The number of nitrogens with one attached hydrogen (secondary N) is 1. The first-order valence-corrected chi connectivity index (χ1v) is 5.72. The molecule has 1 saturated heterocycles. The fraction of sp³-hybridized carbons (Fsp3) is 0.417. The van der Waals surface area contributed by atoms with Crippen LogP contribution in [0.1, 0.15) is 11.6 Å². The fourth-order valence-corrected chi connectivity index (χ4v) is 2.13. The van der Waals surface area contributed by atoms with Crippen LogP contribution in [0.25, 0.3) is 0 Å². The van der Waals surface area contributed by atoms with Crippen molar-refractivity contribution in [3.05, 3.63) is 35.4 Å². The first-order valence-electron chi connectivity index (χ1n) is 5.72. The molecular weight excluding hydrogens is 242 g/mol. The summed E-state index contributed by atoms with van der Waals surface area (Å²) in [6.07, 6.45) is 0. The van der Waals surface area contributed by atoms with E-state index in [0.717, 1.165) is 12.1 Å². The molecule has 0 radical (unpaired) electrons. The van der Waals surface area contributed by atoms with E-state index < -0.39 is 23.6 Å². The Labute approximate surface area is 103 Å². The van der Waals surface area contributed by atoms with Gasteiger partial charge in [0.05, 0.1) is 0 Å². The highest BCUT2D eigenvalue weighted by atomic mass is 19.2. The van der Waals surface area contributed by atoms with E-state index in [1.165, 1.54) is 6.07 Å². The highest BCUT2D eigenvalue weighted by molar-refractivity contribution is 5.75.